The summed E-state index contributed by atoms with van der Waals surface area (Å²) in [4.78, 5) is 17.4. The first-order chi connectivity index (χ1) is 17.2. The molecule has 1 N–H and O–H groups in total. The van der Waals surface area contributed by atoms with Gasteiger partial charge in [0.1, 0.15) is 23.1 Å². The predicted octanol–water partition coefficient (Wildman–Crippen LogP) is 4.89. The Morgan fingerprint density at radius 1 is 0.914 bits per heavy atom. The van der Waals surface area contributed by atoms with E-state index in [-0.39, 0.29) is 5.91 Å². The number of ether oxygens (including phenoxy) is 3. The van der Waals surface area contributed by atoms with Crippen molar-refractivity contribution in [3.8, 4) is 17.2 Å². The van der Waals surface area contributed by atoms with E-state index >= 15 is 0 Å². The number of fused-ring (bicyclic) bond motifs is 1. The van der Waals surface area contributed by atoms with Crippen LogP contribution in [0.4, 0.5) is 0 Å². The number of nitrogens with zero attached hydrogens (tertiary/aromatic N) is 2. The number of nitrogens with one attached hydrogen (secondary N) is 1. The molecule has 4 rings (SSSR count). The third-order valence-electron chi connectivity index (χ3n) is 5.78. The number of carbonyl (C=O) groups excluding carboxylic acids is 1. The van der Waals surface area contributed by atoms with Gasteiger partial charge in [0.25, 0.3) is 5.91 Å². The van der Waals surface area contributed by atoms with E-state index in [1.165, 1.54) is 0 Å². The summed E-state index contributed by atoms with van der Waals surface area (Å²) in [6.45, 7) is 1.94. The van der Waals surface area contributed by atoms with Crippen LogP contribution < -0.4 is 19.5 Å². The molecule has 0 fully saturated rings. The van der Waals surface area contributed by atoms with Crippen LogP contribution in [-0.2, 0) is 13.0 Å². The Labute approximate surface area is 205 Å². The molecule has 0 atom stereocenters. The first-order valence-electron chi connectivity index (χ1n) is 11.8. The van der Waals surface area contributed by atoms with Crippen LogP contribution in [0.3, 0.4) is 0 Å². The molecule has 4 aromatic rings. The number of aryl methyl sites for hydroxylation is 2. The van der Waals surface area contributed by atoms with Gasteiger partial charge in [0.2, 0.25) is 0 Å². The number of hydrogen-bond acceptors (Lipinski definition) is 5. The summed E-state index contributed by atoms with van der Waals surface area (Å²) in [5.74, 6) is 3.03. The van der Waals surface area contributed by atoms with E-state index in [0.717, 1.165) is 54.2 Å². The van der Waals surface area contributed by atoms with Gasteiger partial charge >= 0.3 is 0 Å². The van der Waals surface area contributed by atoms with Crippen LogP contribution in [-0.4, -0.2) is 42.8 Å². The van der Waals surface area contributed by atoms with Crippen LogP contribution in [0.5, 0.6) is 17.2 Å². The molecule has 0 saturated heterocycles. The van der Waals surface area contributed by atoms with Gasteiger partial charge in [-0.2, -0.15) is 0 Å². The maximum atomic E-state index is 12.5. The summed E-state index contributed by atoms with van der Waals surface area (Å²) in [6, 6.07) is 23.0. The normalized spacial score (nSPS) is 10.8. The average Bonchev–Trinajstić information content (AvgIpc) is 3.26. The van der Waals surface area contributed by atoms with Crippen molar-refractivity contribution in [3.63, 3.8) is 0 Å². The predicted molar refractivity (Wildman–Crippen MR) is 136 cm³/mol. The zero-order chi connectivity index (χ0) is 24.5. The number of benzene rings is 3. The van der Waals surface area contributed by atoms with E-state index in [2.05, 4.69) is 16.0 Å². The Morgan fingerprint density at radius 2 is 1.71 bits per heavy atom. The van der Waals surface area contributed by atoms with E-state index in [1.807, 2.05) is 54.6 Å². The molecule has 7 heteroatoms. The molecule has 35 heavy (non-hydrogen) atoms. The highest BCUT2D eigenvalue weighted by Crippen LogP contribution is 2.21. The molecular formula is C28H31N3O4. The molecule has 0 saturated carbocycles. The minimum atomic E-state index is -0.134. The molecular weight excluding hydrogens is 442 g/mol. The SMILES string of the molecule is COc1cccc(OCCCn2c(CCCNC(=O)c3ccccc3OC)nc3ccccc32)c1. The van der Waals surface area contributed by atoms with Crippen molar-refractivity contribution < 1.29 is 19.0 Å². The number of methoxy groups -OCH3 is 2. The first kappa shape index (κ1) is 24.1. The molecule has 0 spiro atoms. The highest BCUT2D eigenvalue weighted by atomic mass is 16.5. The summed E-state index contributed by atoms with van der Waals surface area (Å²) < 4.78 is 18.7. The molecule has 0 unspecified atom stereocenters. The minimum Gasteiger partial charge on any atom is -0.497 e. The maximum Gasteiger partial charge on any atom is 0.255 e. The monoisotopic (exact) mass is 473 g/mol. The second kappa shape index (κ2) is 11.9. The molecule has 3 aromatic carbocycles. The number of amides is 1. The van der Waals surface area contributed by atoms with Crippen molar-refractivity contribution in [2.24, 2.45) is 0 Å². The fraction of sp³-hybridized carbons (Fsp3) is 0.286. The minimum absolute atomic E-state index is 0.134. The topological polar surface area (TPSA) is 74.6 Å². The van der Waals surface area contributed by atoms with Crippen molar-refractivity contribution in [3.05, 3.63) is 84.2 Å². The highest BCUT2D eigenvalue weighted by Gasteiger charge is 2.13. The third kappa shape index (κ3) is 6.12. The summed E-state index contributed by atoms with van der Waals surface area (Å²) in [7, 11) is 3.22. The largest absolute Gasteiger partial charge is 0.497 e. The molecule has 7 nitrogen and oxygen atoms in total. The fourth-order valence-electron chi connectivity index (χ4n) is 4.05. The molecule has 0 aliphatic carbocycles. The number of hydrogen-bond donors (Lipinski definition) is 1. The number of para-hydroxylation sites is 3. The number of carbonyl (C=O) groups is 1. The smallest absolute Gasteiger partial charge is 0.255 e. The van der Waals surface area contributed by atoms with Gasteiger partial charge in [0.05, 0.1) is 37.4 Å². The van der Waals surface area contributed by atoms with E-state index in [4.69, 9.17) is 19.2 Å². The van der Waals surface area contributed by atoms with Crippen LogP contribution >= 0.6 is 0 Å². The summed E-state index contributed by atoms with van der Waals surface area (Å²) in [5.41, 5.74) is 2.63. The average molecular weight is 474 g/mol. The standard InChI is InChI=1S/C28H31N3O4/c1-33-21-10-7-11-22(20-21)35-19-9-18-31-25-14-5-4-13-24(25)30-27(31)16-8-17-29-28(32)23-12-3-6-15-26(23)34-2/h3-7,10-15,20H,8-9,16-19H2,1-2H3,(H,29,32). The van der Waals surface area contributed by atoms with Gasteiger partial charge < -0.3 is 24.1 Å². The van der Waals surface area contributed by atoms with Crippen molar-refractivity contribution >= 4 is 16.9 Å². The zero-order valence-electron chi connectivity index (χ0n) is 20.2. The Kier molecular flexibility index (Phi) is 8.22. The molecule has 0 bridgehead atoms. The van der Waals surface area contributed by atoms with Crippen molar-refractivity contribution in [1.82, 2.24) is 14.9 Å². The lowest BCUT2D eigenvalue weighted by Crippen LogP contribution is -2.25. The lowest BCUT2D eigenvalue weighted by molar-refractivity contribution is 0.0950. The Bertz CT molecular complexity index is 1270. The molecule has 182 valence electrons. The number of aromatic nitrogens is 2. The number of imidazole rings is 1. The van der Waals surface area contributed by atoms with Gasteiger partial charge in [-0.25, -0.2) is 4.98 Å². The van der Waals surface area contributed by atoms with Crippen LogP contribution in [0.2, 0.25) is 0 Å². The van der Waals surface area contributed by atoms with Crippen molar-refractivity contribution in [2.75, 3.05) is 27.4 Å². The zero-order valence-corrected chi connectivity index (χ0v) is 20.2. The van der Waals surface area contributed by atoms with Gasteiger partial charge in [-0.3, -0.25) is 4.79 Å². The molecule has 0 aliphatic rings. The Hall–Kier alpha value is -4.00. The first-order valence-corrected chi connectivity index (χ1v) is 11.8. The van der Waals surface area contributed by atoms with E-state index in [0.29, 0.717) is 24.5 Å². The maximum absolute atomic E-state index is 12.5. The summed E-state index contributed by atoms with van der Waals surface area (Å²) in [6.07, 6.45) is 2.39. The van der Waals surface area contributed by atoms with Gasteiger partial charge in [0.15, 0.2) is 0 Å². The van der Waals surface area contributed by atoms with Gasteiger partial charge in [-0.05, 0) is 49.2 Å². The lowest BCUT2D eigenvalue weighted by Gasteiger charge is -2.12. The molecule has 1 aromatic heterocycles. The second-order valence-corrected chi connectivity index (χ2v) is 8.11. The van der Waals surface area contributed by atoms with Gasteiger partial charge in [-0.15, -0.1) is 0 Å². The van der Waals surface area contributed by atoms with Crippen molar-refractivity contribution in [2.45, 2.75) is 25.8 Å². The Balaban J connectivity index is 1.33. The van der Waals surface area contributed by atoms with Crippen LogP contribution in [0, 0.1) is 0 Å². The fourth-order valence-corrected chi connectivity index (χ4v) is 4.05. The second-order valence-electron chi connectivity index (χ2n) is 8.11. The Morgan fingerprint density at radius 3 is 2.57 bits per heavy atom. The molecule has 1 heterocycles. The lowest BCUT2D eigenvalue weighted by atomic mass is 10.2. The van der Waals surface area contributed by atoms with Gasteiger partial charge in [0, 0.05) is 25.6 Å². The summed E-state index contributed by atoms with van der Waals surface area (Å²) >= 11 is 0. The van der Waals surface area contributed by atoms with Gasteiger partial charge in [-0.1, -0.05) is 30.3 Å². The quantitative estimate of drug-likeness (QED) is 0.297. The van der Waals surface area contributed by atoms with Crippen molar-refractivity contribution in [1.29, 1.82) is 0 Å². The van der Waals surface area contributed by atoms with E-state index in [1.54, 1.807) is 26.4 Å². The number of rotatable bonds is 12. The van der Waals surface area contributed by atoms with E-state index < -0.39 is 0 Å². The van der Waals surface area contributed by atoms with Crippen LogP contribution in [0.1, 0.15) is 29.0 Å². The van der Waals surface area contributed by atoms with Crippen LogP contribution in [0.25, 0.3) is 11.0 Å². The highest BCUT2D eigenvalue weighted by molar-refractivity contribution is 5.96. The molecule has 1 amide bonds. The van der Waals surface area contributed by atoms with Crippen LogP contribution in [0.15, 0.2) is 72.8 Å². The molecule has 0 radical (unpaired) electrons. The molecule has 0 aliphatic heterocycles. The van der Waals surface area contributed by atoms with E-state index in [9.17, 15) is 4.79 Å². The third-order valence-corrected chi connectivity index (χ3v) is 5.78. The summed E-state index contributed by atoms with van der Waals surface area (Å²) in [5, 5.41) is 2.99.